The quantitative estimate of drug-likeness (QED) is 0.489. The molecule has 0 bridgehead atoms. The van der Waals surface area contributed by atoms with E-state index >= 15 is 0 Å². The average Bonchev–Trinajstić information content (AvgIpc) is 2.18. The van der Waals surface area contributed by atoms with Crippen LogP contribution in [-0.4, -0.2) is 52.1 Å². The number of benzene rings is 1. The van der Waals surface area contributed by atoms with Crippen LogP contribution in [0.15, 0.2) is 12.1 Å². The summed E-state index contributed by atoms with van der Waals surface area (Å²) < 4.78 is 13.1. The Kier molecular flexibility index (Phi) is 6.40. The van der Waals surface area contributed by atoms with E-state index in [0.29, 0.717) is 0 Å². The summed E-state index contributed by atoms with van der Waals surface area (Å²) in [6, 6.07) is 1.60. The summed E-state index contributed by atoms with van der Waals surface area (Å²) in [6.07, 6.45) is 0. The van der Waals surface area contributed by atoms with E-state index in [9.17, 15) is 19.3 Å². The summed E-state index contributed by atoms with van der Waals surface area (Å²) in [7, 11) is 0. The molecule has 0 aliphatic carbocycles. The number of nitro benzene ring substituents is 1. The first kappa shape index (κ1) is 16.1. The molecule has 0 spiro atoms. The zero-order chi connectivity index (χ0) is 12.3. The third-order valence-electron chi connectivity index (χ3n) is 1.66. The molecule has 1 rings (SSSR count). The Bertz CT molecular complexity index is 457. The van der Waals surface area contributed by atoms with Crippen molar-refractivity contribution < 1.29 is 19.2 Å². The normalized spacial score (nSPS) is 9.29. The molecule has 0 aromatic heterocycles. The molecule has 1 aromatic carbocycles. The molecule has 0 fully saturated rings. The van der Waals surface area contributed by atoms with E-state index in [1.54, 1.807) is 0 Å². The van der Waals surface area contributed by atoms with Crippen LogP contribution in [0.3, 0.4) is 0 Å². The Hall–Kier alpha value is -0.890. The number of hydrogen-bond acceptors (Lipinski definition) is 4. The molecule has 0 saturated heterocycles. The minimum atomic E-state index is -1.16. The monoisotopic (exact) mass is 272 g/mol. The van der Waals surface area contributed by atoms with Crippen LogP contribution in [-0.2, 0) is 4.79 Å². The third-order valence-corrected chi connectivity index (χ3v) is 1.98. The van der Waals surface area contributed by atoms with E-state index < -0.39 is 28.9 Å². The molecule has 0 heterocycles. The molecule has 0 aliphatic rings. The zero-order valence-electron chi connectivity index (χ0n) is 7.74. The van der Waals surface area contributed by atoms with Crippen LogP contribution in [0.4, 0.5) is 15.8 Å². The number of carbonyl (C=O) groups is 1. The molecule has 9 heteroatoms. The molecule has 0 saturated carbocycles. The number of nitrogens with zero attached hydrogens (tertiary/aromatic N) is 1. The molecule has 0 aliphatic heterocycles. The predicted molar refractivity (Wildman–Crippen MR) is 61.3 cm³/mol. The first-order chi connectivity index (χ1) is 7.41. The fourth-order valence-electron chi connectivity index (χ4n) is 0.983. The van der Waals surface area contributed by atoms with Gasteiger partial charge in [-0.25, -0.2) is 0 Å². The molecule has 0 radical (unpaired) electrons. The van der Waals surface area contributed by atoms with Crippen LogP contribution < -0.4 is 5.32 Å². The van der Waals surface area contributed by atoms with E-state index in [0.717, 1.165) is 12.1 Å². The predicted octanol–water partition coefficient (Wildman–Crippen LogP) is 1.24. The van der Waals surface area contributed by atoms with Crippen LogP contribution in [0.1, 0.15) is 0 Å². The van der Waals surface area contributed by atoms with E-state index in [-0.39, 0.29) is 40.3 Å². The topological polar surface area (TPSA) is 92.5 Å². The number of nitrogens with one attached hydrogen (secondary N) is 1. The van der Waals surface area contributed by atoms with Gasteiger partial charge in [0.05, 0.1) is 15.6 Å². The van der Waals surface area contributed by atoms with Gasteiger partial charge in [-0.05, 0) is 0 Å². The third kappa shape index (κ3) is 4.47. The Morgan fingerprint density at radius 2 is 2.18 bits per heavy atom. The molecular formula is C8H7ClFN2NaO4. The summed E-state index contributed by atoms with van der Waals surface area (Å²) in [5.41, 5.74) is -0.766. The van der Waals surface area contributed by atoms with Crippen molar-refractivity contribution in [2.45, 2.75) is 0 Å². The molecule has 1 aromatic rings. The average molecular weight is 273 g/mol. The number of rotatable bonds is 4. The standard InChI is InChI=1S/C8H6ClFN2O4.Na.H/c9-4-1-7(12(15)16)5(10)2-6(4)11-3-8(13)14;;/h1-2,11H,3H2,(H,13,14);;. The van der Waals surface area contributed by atoms with Gasteiger partial charge in [0.1, 0.15) is 6.54 Å². The minimum absolute atomic E-state index is 0. The summed E-state index contributed by atoms with van der Waals surface area (Å²) >= 11 is 5.60. The first-order valence-electron chi connectivity index (χ1n) is 4.01. The van der Waals surface area contributed by atoms with Crippen molar-refractivity contribution in [1.29, 1.82) is 0 Å². The Balaban J connectivity index is 0.00000256. The molecule has 0 amide bonds. The molecule has 17 heavy (non-hydrogen) atoms. The number of halogens is 2. The Morgan fingerprint density at radius 1 is 1.59 bits per heavy atom. The van der Waals surface area contributed by atoms with Crippen molar-refractivity contribution in [1.82, 2.24) is 0 Å². The zero-order valence-corrected chi connectivity index (χ0v) is 8.49. The van der Waals surface area contributed by atoms with Crippen molar-refractivity contribution in [3.63, 3.8) is 0 Å². The second kappa shape index (κ2) is 6.75. The van der Waals surface area contributed by atoms with Gasteiger partial charge in [0.15, 0.2) is 0 Å². The van der Waals surface area contributed by atoms with Crippen molar-refractivity contribution in [2.75, 3.05) is 11.9 Å². The summed E-state index contributed by atoms with van der Waals surface area (Å²) in [4.78, 5) is 19.7. The van der Waals surface area contributed by atoms with Gasteiger partial charge in [0.2, 0.25) is 5.82 Å². The van der Waals surface area contributed by atoms with Gasteiger partial charge >= 0.3 is 41.2 Å². The van der Waals surface area contributed by atoms with Gasteiger partial charge in [0, 0.05) is 12.1 Å². The van der Waals surface area contributed by atoms with Crippen LogP contribution in [0, 0.1) is 15.9 Å². The van der Waals surface area contributed by atoms with E-state index in [1.165, 1.54) is 0 Å². The number of carboxylic acid groups (broad SMARTS) is 1. The van der Waals surface area contributed by atoms with Crippen LogP contribution in [0.2, 0.25) is 5.02 Å². The van der Waals surface area contributed by atoms with Gasteiger partial charge in [-0.1, -0.05) is 11.6 Å². The number of aliphatic carboxylic acids is 1. The van der Waals surface area contributed by atoms with Gasteiger partial charge in [-0.3, -0.25) is 14.9 Å². The first-order valence-corrected chi connectivity index (χ1v) is 4.38. The Morgan fingerprint density at radius 3 is 2.65 bits per heavy atom. The molecule has 0 atom stereocenters. The fraction of sp³-hybridized carbons (Fsp3) is 0.125. The van der Waals surface area contributed by atoms with Crippen molar-refractivity contribution in [3.8, 4) is 0 Å². The molecule has 2 N–H and O–H groups in total. The maximum absolute atomic E-state index is 13.1. The van der Waals surface area contributed by atoms with E-state index in [1.807, 2.05) is 0 Å². The van der Waals surface area contributed by atoms with Gasteiger partial charge in [0.25, 0.3) is 0 Å². The number of nitro groups is 1. The second-order valence-electron chi connectivity index (χ2n) is 2.79. The summed E-state index contributed by atoms with van der Waals surface area (Å²) in [6.45, 7) is -0.461. The molecule has 6 nitrogen and oxygen atoms in total. The number of anilines is 1. The maximum atomic E-state index is 13.1. The van der Waals surface area contributed by atoms with Crippen molar-refractivity contribution in [3.05, 3.63) is 33.1 Å². The molecule has 0 unspecified atom stereocenters. The summed E-state index contributed by atoms with van der Waals surface area (Å²) in [5.74, 6) is -2.24. The fourth-order valence-corrected chi connectivity index (χ4v) is 1.21. The van der Waals surface area contributed by atoms with E-state index in [2.05, 4.69) is 5.32 Å². The molecular weight excluding hydrogens is 266 g/mol. The summed E-state index contributed by atoms with van der Waals surface area (Å²) in [5, 5.41) is 20.9. The van der Waals surface area contributed by atoms with Gasteiger partial charge in [-0.2, -0.15) is 4.39 Å². The number of carboxylic acids is 1. The van der Waals surface area contributed by atoms with Crippen molar-refractivity contribution >= 4 is 58.5 Å². The molecule has 88 valence electrons. The SMILES string of the molecule is O=C(O)CNc1cc(F)c([N+](=O)[O-])cc1Cl.[NaH]. The number of hydrogen-bond donors (Lipinski definition) is 2. The van der Waals surface area contributed by atoms with Gasteiger partial charge < -0.3 is 10.4 Å². The van der Waals surface area contributed by atoms with Gasteiger partial charge in [-0.15, -0.1) is 0 Å². The Labute approximate surface area is 122 Å². The van der Waals surface area contributed by atoms with Crippen molar-refractivity contribution in [2.24, 2.45) is 0 Å². The van der Waals surface area contributed by atoms with Crippen LogP contribution in [0.5, 0.6) is 0 Å². The van der Waals surface area contributed by atoms with Crippen LogP contribution >= 0.6 is 11.6 Å². The van der Waals surface area contributed by atoms with E-state index in [4.69, 9.17) is 16.7 Å². The van der Waals surface area contributed by atoms with Crippen LogP contribution in [0.25, 0.3) is 0 Å². The second-order valence-corrected chi connectivity index (χ2v) is 3.20.